The average Bonchev–Trinajstić information content (AvgIpc) is 2.78. The van der Waals surface area contributed by atoms with Crippen LogP contribution in [0, 0.1) is 6.92 Å². The number of nitrogens with one attached hydrogen (secondary N) is 1. The summed E-state index contributed by atoms with van der Waals surface area (Å²) >= 11 is 0. The largest absolute Gasteiger partial charge is 0.313 e. The molecule has 0 amide bonds. The Bertz CT molecular complexity index is 523. The molecule has 0 unspecified atom stereocenters. The Morgan fingerprint density at radius 1 is 1.21 bits per heavy atom. The molecule has 0 aliphatic rings. The zero-order valence-electron chi connectivity index (χ0n) is 12.3. The molecule has 1 aromatic heterocycles. The topological polar surface area (TPSA) is 29.9 Å². The van der Waals surface area contributed by atoms with Crippen molar-refractivity contribution in [1.29, 1.82) is 0 Å². The number of benzene rings is 1. The number of nitrogens with zero attached hydrogens (tertiary/aromatic N) is 2. The highest BCUT2D eigenvalue weighted by atomic mass is 15.3. The molecule has 0 fully saturated rings. The molecule has 0 aliphatic heterocycles. The van der Waals surface area contributed by atoms with Crippen molar-refractivity contribution in [3.8, 4) is 5.69 Å². The lowest BCUT2D eigenvalue weighted by molar-refractivity contribution is 0.723. The lowest BCUT2D eigenvalue weighted by atomic mass is 10.0. The molecule has 0 saturated heterocycles. The first-order valence-corrected chi connectivity index (χ1v) is 6.98. The summed E-state index contributed by atoms with van der Waals surface area (Å²) in [7, 11) is 0. The van der Waals surface area contributed by atoms with Gasteiger partial charge < -0.3 is 5.32 Å². The van der Waals surface area contributed by atoms with Crippen molar-refractivity contribution in [1.82, 2.24) is 15.1 Å². The predicted octanol–water partition coefficient (Wildman–Crippen LogP) is 3.41. The molecule has 3 nitrogen and oxygen atoms in total. The Hall–Kier alpha value is -1.61. The number of rotatable bonds is 5. The molecule has 3 heteroatoms. The van der Waals surface area contributed by atoms with Gasteiger partial charge in [0.25, 0.3) is 0 Å². The highest BCUT2D eigenvalue weighted by molar-refractivity contribution is 5.36. The lowest BCUT2D eigenvalue weighted by Gasteiger charge is -2.06. The van der Waals surface area contributed by atoms with E-state index < -0.39 is 0 Å². The monoisotopic (exact) mass is 257 g/mol. The third-order valence-corrected chi connectivity index (χ3v) is 3.39. The predicted molar refractivity (Wildman–Crippen MR) is 79.8 cm³/mol. The quantitative estimate of drug-likeness (QED) is 0.889. The fraction of sp³-hybridized carbons (Fsp3) is 0.438. The number of hydrogen-bond donors (Lipinski definition) is 1. The summed E-state index contributed by atoms with van der Waals surface area (Å²) in [5.74, 6) is 0.567. The van der Waals surface area contributed by atoms with Crippen LogP contribution >= 0.6 is 0 Å². The fourth-order valence-corrected chi connectivity index (χ4v) is 2.07. The lowest BCUT2D eigenvalue weighted by Crippen LogP contribution is -2.11. The van der Waals surface area contributed by atoms with E-state index in [2.05, 4.69) is 68.6 Å². The van der Waals surface area contributed by atoms with Crippen LogP contribution in [0.25, 0.3) is 5.69 Å². The van der Waals surface area contributed by atoms with Crippen molar-refractivity contribution >= 4 is 0 Å². The van der Waals surface area contributed by atoms with Crippen LogP contribution in [0.5, 0.6) is 0 Å². The molecule has 0 spiro atoms. The summed E-state index contributed by atoms with van der Waals surface area (Å²) < 4.78 is 1.96. The van der Waals surface area contributed by atoms with Gasteiger partial charge in [-0.1, -0.05) is 32.9 Å². The smallest absolute Gasteiger partial charge is 0.0645 e. The minimum Gasteiger partial charge on any atom is -0.313 e. The van der Waals surface area contributed by atoms with E-state index in [1.165, 1.54) is 11.1 Å². The second-order valence-corrected chi connectivity index (χ2v) is 5.21. The van der Waals surface area contributed by atoms with Gasteiger partial charge >= 0.3 is 0 Å². The van der Waals surface area contributed by atoms with Crippen LogP contribution in [0.3, 0.4) is 0 Å². The van der Waals surface area contributed by atoms with Crippen molar-refractivity contribution < 1.29 is 0 Å². The summed E-state index contributed by atoms with van der Waals surface area (Å²) in [6.45, 7) is 10.5. The molecule has 0 atom stereocenters. The molecule has 102 valence electrons. The fourth-order valence-electron chi connectivity index (χ4n) is 2.07. The van der Waals surface area contributed by atoms with Gasteiger partial charge in [-0.05, 0) is 37.1 Å². The normalized spacial score (nSPS) is 11.2. The third kappa shape index (κ3) is 3.24. The maximum absolute atomic E-state index is 4.58. The Morgan fingerprint density at radius 2 is 1.89 bits per heavy atom. The molecule has 2 aromatic rings. The van der Waals surface area contributed by atoms with Gasteiger partial charge in [0.2, 0.25) is 0 Å². The molecule has 1 N–H and O–H groups in total. The molecule has 0 aliphatic carbocycles. The summed E-state index contributed by atoms with van der Waals surface area (Å²) in [4.78, 5) is 0. The first-order valence-electron chi connectivity index (χ1n) is 6.98. The van der Waals surface area contributed by atoms with Gasteiger partial charge in [-0.25, -0.2) is 4.68 Å². The summed E-state index contributed by atoms with van der Waals surface area (Å²) in [6, 6.07) is 8.64. The summed E-state index contributed by atoms with van der Waals surface area (Å²) in [5.41, 5.74) is 4.83. The van der Waals surface area contributed by atoms with E-state index in [0.717, 1.165) is 24.5 Å². The van der Waals surface area contributed by atoms with Crippen molar-refractivity contribution in [2.45, 2.75) is 40.2 Å². The van der Waals surface area contributed by atoms with Gasteiger partial charge in [0.15, 0.2) is 0 Å². The van der Waals surface area contributed by atoms with Crippen molar-refractivity contribution in [3.05, 3.63) is 47.3 Å². The molecule has 2 rings (SSSR count). The highest BCUT2D eigenvalue weighted by Crippen LogP contribution is 2.17. The Labute approximate surface area is 115 Å². The van der Waals surface area contributed by atoms with E-state index in [9.17, 15) is 0 Å². The second-order valence-electron chi connectivity index (χ2n) is 5.21. The van der Waals surface area contributed by atoms with Crippen LogP contribution < -0.4 is 5.32 Å². The van der Waals surface area contributed by atoms with E-state index in [-0.39, 0.29) is 0 Å². The molecular formula is C16H23N3. The van der Waals surface area contributed by atoms with Crippen LogP contribution in [-0.4, -0.2) is 16.3 Å². The standard InChI is InChI=1S/C16H23N3/c1-5-17-10-15-11-19(18-13(15)4)16-8-6-14(7-9-16)12(2)3/h6-9,11-12,17H,5,10H2,1-4H3. The molecule has 19 heavy (non-hydrogen) atoms. The minimum atomic E-state index is 0.567. The SMILES string of the molecule is CCNCc1cn(-c2ccc(C(C)C)cc2)nc1C. The van der Waals surface area contributed by atoms with Crippen molar-refractivity contribution in [2.24, 2.45) is 0 Å². The van der Waals surface area contributed by atoms with Gasteiger partial charge in [-0.2, -0.15) is 5.10 Å². The van der Waals surface area contributed by atoms with Crippen LogP contribution in [0.2, 0.25) is 0 Å². The van der Waals surface area contributed by atoms with E-state index in [1.54, 1.807) is 0 Å². The van der Waals surface area contributed by atoms with E-state index in [0.29, 0.717) is 5.92 Å². The Morgan fingerprint density at radius 3 is 2.47 bits per heavy atom. The average molecular weight is 257 g/mol. The first-order chi connectivity index (χ1) is 9.11. The molecule has 1 heterocycles. The van der Waals surface area contributed by atoms with Crippen molar-refractivity contribution in [3.63, 3.8) is 0 Å². The number of aryl methyl sites for hydroxylation is 1. The van der Waals surface area contributed by atoms with Crippen molar-refractivity contribution in [2.75, 3.05) is 6.54 Å². The molecule has 0 radical (unpaired) electrons. The van der Waals surface area contributed by atoms with Crippen LogP contribution in [0.15, 0.2) is 30.5 Å². The summed E-state index contributed by atoms with van der Waals surface area (Å²) in [5, 5.41) is 7.93. The van der Waals surface area contributed by atoms with E-state index in [4.69, 9.17) is 0 Å². The zero-order chi connectivity index (χ0) is 13.8. The molecule has 0 bridgehead atoms. The van der Waals surface area contributed by atoms with Crippen LogP contribution in [-0.2, 0) is 6.54 Å². The van der Waals surface area contributed by atoms with E-state index >= 15 is 0 Å². The molecule has 1 aromatic carbocycles. The van der Waals surface area contributed by atoms with Crippen LogP contribution in [0.4, 0.5) is 0 Å². The maximum atomic E-state index is 4.58. The number of aromatic nitrogens is 2. The van der Waals surface area contributed by atoms with Gasteiger partial charge in [0, 0.05) is 18.3 Å². The number of hydrogen-bond acceptors (Lipinski definition) is 2. The second kappa shape index (κ2) is 6.02. The minimum absolute atomic E-state index is 0.567. The van der Waals surface area contributed by atoms with E-state index in [1.807, 2.05) is 4.68 Å². The van der Waals surface area contributed by atoms with Gasteiger partial charge in [0.05, 0.1) is 11.4 Å². The molecule has 0 saturated carbocycles. The Kier molecular flexibility index (Phi) is 4.38. The highest BCUT2D eigenvalue weighted by Gasteiger charge is 2.06. The third-order valence-electron chi connectivity index (χ3n) is 3.39. The maximum Gasteiger partial charge on any atom is 0.0645 e. The summed E-state index contributed by atoms with van der Waals surface area (Å²) in [6.07, 6.45) is 2.11. The zero-order valence-corrected chi connectivity index (χ0v) is 12.3. The first kappa shape index (κ1) is 13.8. The molecular weight excluding hydrogens is 234 g/mol. The van der Waals surface area contributed by atoms with Gasteiger partial charge in [0.1, 0.15) is 0 Å². The Balaban J connectivity index is 2.21. The van der Waals surface area contributed by atoms with Crippen LogP contribution in [0.1, 0.15) is 43.5 Å². The van der Waals surface area contributed by atoms with Gasteiger partial charge in [-0.3, -0.25) is 0 Å². The van der Waals surface area contributed by atoms with Gasteiger partial charge in [-0.15, -0.1) is 0 Å².